The van der Waals surface area contributed by atoms with Gasteiger partial charge >= 0.3 is 0 Å². The van der Waals surface area contributed by atoms with Gasteiger partial charge in [-0.05, 0) is 30.3 Å². The van der Waals surface area contributed by atoms with Crippen molar-refractivity contribution < 1.29 is 4.79 Å². The quantitative estimate of drug-likeness (QED) is 0.736. The topological polar surface area (TPSA) is 61.9 Å². The van der Waals surface area contributed by atoms with Crippen LogP contribution in [0.3, 0.4) is 0 Å². The summed E-state index contributed by atoms with van der Waals surface area (Å²) in [6.45, 7) is 0. The molecule has 1 N–H and O–H groups in total. The minimum absolute atomic E-state index is 0.151. The summed E-state index contributed by atoms with van der Waals surface area (Å²) in [4.78, 5) is 18.1. The van der Waals surface area contributed by atoms with Crippen LogP contribution in [0.1, 0.15) is 5.82 Å². The predicted molar refractivity (Wildman–Crippen MR) is 95.7 cm³/mol. The lowest BCUT2D eigenvalue weighted by molar-refractivity contribution is -0.113. The SMILES string of the molecule is CN(C(=O)/C=C\c1nc(-c2cccc(Cl)c2)n[nH]1)c1ccccc1. The molecule has 1 amide bonds. The molecule has 0 atom stereocenters. The van der Waals surface area contributed by atoms with Gasteiger partial charge in [0.1, 0.15) is 5.82 Å². The number of carbonyl (C=O) groups excluding carboxylic acids is 1. The molecule has 0 unspecified atom stereocenters. The fraction of sp³-hybridized carbons (Fsp3) is 0.0556. The number of halogens is 1. The third kappa shape index (κ3) is 3.70. The highest BCUT2D eigenvalue weighted by atomic mass is 35.5. The summed E-state index contributed by atoms with van der Waals surface area (Å²) in [7, 11) is 1.72. The van der Waals surface area contributed by atoms with E-state index in [1.54, 1.807) is 30.2 Å². The van der Waals surface area contributed by atoms with Crippen molar-refractivity contribution in [3.63, 3.8) is 0 Å². The molecule has 5 nitrogen and oxygen atoms in total. The number of nitrogens with one attached hydrogen (secondary N) is 1. The Morgan fingerprint density at radius 2 is 1.96 bits per heavy atom. The zero-order chi connectivity index (χ0) is 16.9. The normalized spacial score (nSPS) is 10.9. The molecular weight excluding hydrogens is 324 g/mol. The van der Waals surface area contributed by atoms with E-state index < -0.39 is 0 Å². The molecule has 0 fully saturated rings. The standard InChI is InChI=1S/C18H15ClN4O/c1-23(15-8-3-2-4-9-15)17(24)11-10-16-20-18(22-21-16)13-6-5-7-14(19)12-13/h2-12H,1H3,(H,20,21,22)/b11-10-. The van der Waals surface area contributed by atoms with Crippen LogP contribution >= 0.6 is 11.6 Å². The molecule has 0 aliphatic carbocycles. The molecular formula is C18H15ClN4O. The molecule has 3 aromatic rings. The second kappa shape index (κ2) is 7.10. The molecule has 2 aromatic carbocycles. The van der Waals surface area contributed by atoms with Crippen LogP contribution in [0.15, 0.2) is 60.7 Å². The number of H-pyrrole nitrogens is 1. The average molecular weight is 339 g/mol. The Bertz CT molecular complexity index is 873. The van der Waals surface area contributed by atoms with Crippen LogP contribution < -0.4 is 4.90 Å². The van der Waals surface area contributed by atoms with E-state index in [0.29, 0.717) is 16.7 Å². The number of aromatic amines is 1. The van der Waals surface area contributed by atoms with Crippen LogP contribution in [0.5, 0.6) is 0 Å². The average Bonchev–Trinajstić information content (AvgIpc) is 3.09. The number of aromatic nitrogens is 3. The molecule has 1 heterocycles. The largest absolute Gasteiger partial charge is 0.312 e. The molecule has 0 aliphatic heterocycles. The van der Waals surface area contributed by atoms with E-state index >= 15 is 0 Å². The third-order valence-corrected chi connectivity index (χ3v) is 3.68. The maximum Gasteiger partial charge on any atom is 0.250 e. The lowest BCUT2D eigenvalue weighted by Gasteiger charge is -2.14. The minimum Gasteiger partial charge on any atom is -0.312 e. The zero-order valence-corrected chi connectivity index (χ0v) is 13.7. The summed E-state index contributed by atoms with van der Waals surface area (Å²) in [6, 6.07) is 16.7. The monoisotopic (exact) mass is 338 g/mol. The number of rotatable bonds is 4. The molecule has 0 aliphatic rings. The lowest BCUT2D eigenvalue weighted by Crippen LogP contribution is -2.23. The first kappa shape index (κ1) is 16.0. The van der Waals surface area contributed by atoms with Crippen molar-refractivity contribution >= 4 is 29.3 Å². The Morgan fingerprint density at radius 3 is 2.71 bits per heavy atom. The summed E-state index contributed by atoms with van der Waals surface area (Å²) in [5, 5.41) is 7.55. The Labute approximate surface area is 144 Å². The van der Waals surface area contributed by atoms with E-state index in [1.165, 1.54) is 6.08 Å². The van der Waals surface area contributed by atoms with E-state index in [1.807, 2.05) is 42.5 Å². The molecule has 1 aromatic heterocycles. The second-order valence-corrected chi connectivity index (χ2v) is 5.56. The van der Waals surface area contributed by atoms with Gasteiger partial charge < -0.3 is 4.90 Å². The van der Waals surface area contributed by atoms with Gasteiger partial charge in [0.05, 0.1) is 0 Å². The highest BCUT2D eigenvalue weighted by molar-refractivity contribution is 6.30. The highest BCUT2D eigenvalue weighted by Crippen LogP contribution is 2.19. The number of amides is 1. The summed E-state index contributed by atoms with van der Waals surface area (Å²) in [5.41, 5.74) is 1.63. The van der Waals surface area contributed by atoms with Crippen molar-refractivity contribution in [1.82, 2.24) is 15.2 Å². The van der Waals surface area contributed by atoms with Gasteiger partial charge in [-0.25, -0.2) is 4.98 Å². The fourth-order valence-corrected chi connectivity index (χ4v) is 2.34. The lowest BCUT2D eigenvalue weighted by atomic mass is 10.2. The summed E-state index contributed by atoms with van der Waals surface area (Å²) >= 11 is 5.97. The summed E-state index contributed by atoms with van der Waals surface area (Å²) in [6.07, 6.45) is 3.05. The molecule has 0 bridgehead atoms. The van der Waals surface area contributed by atoms with Crippen LogP contribution in [-0.2, 0) is 4.79 Å². The number of hydrogen-bond donors (Lipinski definition) is 1. The van der Waals surface area contributed by atoms with Gasteiger partial charge in [-0.2, -0.15) is 5.10 Å². The number of benzene rings is 2. The van der Waals surface area contributed by atoms with E-state index in [-0.39, 0.29) is 5.91 Å². The molecule has 0 spiro atoms. The summed E-state index contributed by atoms with van der Waals surface area (Å²) in [5.74, 6) is 0.878. The molecule has 0 saturated heterocycles. The second-order valence-electron chi connectivity index (χ2n) is 5.12. The van der Waals surface area contributed by atoms with Gasteiger partial charge in [0, 0.05) is 29.4 Å². The van der Waals surface area contributed by atoms with E-state index in [0.717, 1.165) is 11.3 Å². The highest BCUT2D eigenvalue weighted by Gasteiger charge is 2.08. The fourth-order valence-electron chi connectivity index (χ4n) is 2.15. The van der Waals surface area contributed by atoms with Crippen molar-refractivity contribution in [3.8, 4) is 11.4 Å². The van der Waals surface area contributed by atoms with Crippen LogP contribution in [0, 0.1) is 0 Å². The Hall–Kier alpha value is -2.92. The number of anilines is 1. The molecule has 24 heavy (non-hydrogen) atoms. The molecule has 120 valence electrons. The smallest absolute Gasteiger partial charge is 0.250 e. The Morgan fingerprint density at radius 1 is 1.17 bits per heavy atom. The number of nitrogens with zero attached hydrogens (tertiary/aromatic N) is 3. The molecule has 0 radical (unpaired) electrons. The van der Waals surface area contributed by atoms with Crippen molar-refractivity contribution in [3.05, 3.63) is 71.5 Å². The van der Waals surface area contributed by atoms with Crippen LogP contribution in [0.2, 0.25) is 5.02 Å². The Balaban J connectivity index is 1.72. The third-order valence-electron chi connectivity index (χ3n) is 3.44. The maximum absolute atomic E-state index is 12.2. The van der Waals surface area contributed by atoms with Crippen molar-refractivity contribution in [2.45, 2.75) is 0 Å². The summed E-state index contributed by atoms with van der Waals surface area (Å²) < 4.78 is 0. The predicted octanol–water partition coefficient (Wildman–Crippen LogP) is 3.80. The number of para-hydroxylation sites is 1. The van der Waals surface area contributed by atoms with Crippen LogP contribution in [-0.4, -0.2) is 28.1 Å². The van der Waals surface area contributed by atoms with Gasteiger partial charge in [-0.15, -0.1) is 0 Å². The first-order chi connectivity index (χ1) is 11.6. The van der Waals surface area contributed by atoms with Crippen LogP contribution in [0.25, 0.3) is 17.5 Å². The number of likely N-dealkylation sites (N-methyl/N-ethyl adjacent to an activating group) is 1. The van der Waals surface area contributed by atoms with E-state index in [2.05, 4.69) is 15.2 Å². The van der Waals surface area contributed by atoms with Crippen molar-refractivity contribution in [2.24, 2.45) is 0 Å². The van der Waals surface area contributed by atoms with Gasteiger partial charge in [-0.1, -0.05) is 41.9 Å². The number of carbonyl (C=O) groups is 1. The Kier molecular flexibility index (Phi) is 4.72. The zero-order valence-electron chi connectivity index (χ0n) is 13.0. The van der Waals surface area contributed by atoms with E-state index in [9.17, 15) is 4.79 Å². The first-order valence-corrected chi connectivity index (χ1v) is 7.70. The minimum atomic E-state index is -0.151. The molecule has 3 rings (SSSR count). The molecule has 0 saturated carbocycles. The van der Waals surface area contributed by atoms with Gasteiger partial charge in [-0.3, -0.25) is 9.89 Å². The van der Waals surface area contributed by atoms with Gasteiger partial charge in [0.2, 0.25) is 0 Å². The van der Waals surface area contributed by atoms with Gasteiger partial charge in [0.15, 0.2) is 5.82 Å². The van der Waals surface area contributed by atoms with E-state index in [4.69, 9.17) is 11.6 Å². The number of hydrogen-bond acceptors (Lipinski definition) is 3. The first-order valence-electron chi connectivity index (χ1n) is 7.32. The maximum atomic E-state index is 12.2. The van der Waals surface area contributed by atoms with Crippen LogP contribution in [0.4, 0.5) is 5.69 Å². The molecule has 6 heteroatoms. The van der Waals surface area contributed by atoms with Crippen molar-refractivity contribution in [1.29, 1.82) is 0 Å². The van der Waals surface area contributed by atoms with Gasteiger partial charge in [0.25, 0.3) is 5.91 Å². The van der Waals surface area contributed by atoms with Crippen molar-refractivity contribution in [2.75, 3.05) is 11.9 Å².